The van der Waals surface area contributed by atoms with Crippen LogP contribution in [0, 0.1) is 10.1 Å². The highest BCUT2D eigenvalue weighted by molar-refractivity contribution is 6.31. The summed E-state index contributed by atoms with van der Waals surface area (Å²) in [5.41, 5.74) is 2.61. The predicted octanol–water partition coefficient (Wildman–Crippen LogP) is 4.25. The molecular formula is C21H17ClN2O4. The van der Waals surface area contributed by atoms with Crippen LogP contribution in [0.2, 0.25) is 5.02 Å². The molecule has 1 heterocycles. The minimum Gasteiger partial charge on any atom is -0.329 e. The number of Topliss-reactive ketones (excluding diaryl/α,β-unsaturated/α-hetero) is 1. The summed E-state index contributed by atoms with van der Waals surface area (Å²) >= 11 is 6.30. The van der Waals surface area contributed by atoms with E-state index in [1.807, 2.05) is 18.2 Å². The van der Waals surface area contributed by atoms with E-state index in [4.69, 9.17) is 11.6 Å². The van der Waals surface area contributed by atoms with Crippen molar-refractivity contribution in [3.05, 3.63) is 86.1 Å². The second-order valence-corrected chi connectivity index (χ2v) is 7.51. The molecular weight excluding hydrogens is 380 g/mol. The van der Waals surface area contributed by atoms with Gasteiger partial charge < -0.3 is 5.32 Å². The van der Waals surface area contributed by atoms with Gasteiger partial charge in [-0.3, -0.25) is 19.7 Å². The van der Waals surface area contributed by atoms with Crippen LogP contribution in [0.1, 0.15) is 42.2 Å². The van der Waals surface area contributed by atoms with Gasteiger partial charge in [-0.1, -0.05) is 41.9 Å². The number of hydrogen-bond donors (Lipinski definition) is 1. The smallest absolute Gasteiger partial charge is 0.269 e. The molecule has 0 saturated heterocycles. The average molecular weight is 397 g/mol. The number of amides is 1. The lowest BCUT2D eigenvalue weighted by Crippen LogP contribution is -2.38. The largest absolute Gasteiger partial charge is 0.329 e. The number of rotatable bonds is 3. The third-order valence-electron chi connectivity index (χ3n) is 5.36. The lowest BCUT2D eigenvalue weighted by molar-refractivity contribution is -0.384. The zero-order valence-corrected chi connectivity index (χ0v) is 15.6. The average Bonchev–Trinajstić information content (AvgIpc) is 2.67. The molecule has 0 fully saturated rings. The van der Waals surface area contributed by atoms with Gasteiger partial charge in [0.25, 0.3) is 5.69 Å². The van der Waals surface area contributed by atoms with Gasteiger partial charge in [-0.05, 0) is 29.5 Å². The normalized spacial score (nSPS) is 21.9. The van der Waals surface area contributed by atoms with Crippen molar-refractivity contribution < 1.29 is 14.5 Å². The molecule has 2 aromatic rings. The van der Waals surface area contributed by atoms with E-state index in [9.17, 15) is 19.7 Å². The van der Waals surface area contributed by atoms with E-state index >= 15 is 0 Å². The van der Waals surface area contributed by atoms with Crippen molar-refractivity contribution in [1.29, 1.82) is 0 Å². The van der Waals surface area contributed by atoms with E-state index < -0.39 is 10.8 Å². The number of allylic oxidation sites excluding steroid dienone is 2. The van der Waals surface area contributed by atoms with Crippen LogP contribution in [0.4, 0.5) is 5.69 Å². The standard InChI is InChI=1S/C21H17ClN2O4/c22-17-7-2-1-6-15(17)13-9-18-21(19(25)10-13)16(11-20(26)23-18)12-4-3-5-14(8-12)24(27)28/h1-8,13,16H,9-11H2,(H,23,26). The molecule has 0 radical (unpaired) electrons. The summed E-state index contributed by atoms with van der Waals surface area (Å²) < 4.78 is 0. The predicted molar refractivity (Wildman–Crippen MR) is 104 cm³/mol. The van der Waals surface area contributed by atoms with Crippen LogP contribution in [-0.4, -0.2) is 16.6 Å². The molecule has 2 unspecified atom stereocenters. The zero-order chi connectivity index (χ0) is 19.8. The molecule has 2 aromatic carbocycles. The van der Waals surface area contributed by atoms with Crippen molar-refractivity contribution >= 4 is 29.0 Å². The Hall–Kier alpha value is -2.99. The molecule has 28 heavy (non-hydrogen) atoms. The van der Waals surface area contributed by atoms with Gasteiger partial charge in [0, 0.05) is 47.2 Å². The summed E-state index contributed by atoms with van der Waals surface area (Å²) in [7, 11) is 0. The number of nitrogens with one attached hydrogen (secondary N) is 1. The summed E-state index contributed by atoms with van der Waals surface area (Å²) in [6.45, 7) is 0. The fraction of sp³-hybridized carbons (Fsp3) is 0.238. The molecule has 0 spiro atoms. The molecule has 0 bridgehead atoms. The maximum atomic E-state index is 13.0. The van der Waals surface area contributed by atoms with Crippen LogP contribution in [0.5, 0.6) is 0 Å². The molecule has 1 amide bonds. The Morgan fingerprint density at radius 3 is 2.57 bits per heavy atom. The van der Waals surface area contributed by atoms with Crippen LogP contribution in [0.15, 0.2) is 59.8 Å². The molecule has 0 aromatic heterocycles. The fourth-order valence-corrected chi connectivity index (χ4v) is 4.42. The Balaban J connectivity index is 1.74. The van der Waals surface area contributed by atoms with E-state index in [1.54, 1.807) is 18.2 Å². The van der Waals surface area contributed by atoms with E-state index in [2.05, 4.69) is 5.32 Å². The van der Waals surface area contributed by atoms with Crippen LogP contribution in [-0.2, 0) is 9.59 Å². The number of nitro benzene ring substituents is 1. The van der Waals surface area contributed by atoms with Crippen molar-refractivity contribution in [2.45, 2.75) is 31.1 Å². The summed E-state index contributed by atoms with van der Waals surface area (Å²) in [6, 6.07) is 13.6. The third-order valence-corrected chi connectivity index (χ3v) is 5.71. The van der Waals surface area contributed by atoms with Crippen molar-refractivity contribution in [3.63, 3.8) is 0 Å². The van der Waals surface area contributed by atoms with E-state index in [-0.39, 0.29) is 29.7 Å². The van der Waals surface area contributed by atoms with Crippen LogP contribution >= 0.6 is 11.6 Å². The number of non-ortho nitro benzene ring substituents is 1. The molecule has 0 saturated carbocycles. The Kier molecular flexibility index (Phi) is 4.73. The van der Waals surface area contributed by atoms with Crippen LogP contribution < -0.4 is 5.32 Å². The monoisotopic (exact) mass is 396 g/mol. The first-order valence-electron chi connectivity index (χ1n) is 8.99. The number of nitro groups is 1. The lowest BCUT2D eigenvalue weighted by Gasteiger charge is -2.34. The molecule has 1 N–H and O–H groups in total. The quantitative estimate of drug-likeness (QED) is 0.620. The van der Waals surface area contributed by atoms with Gasteiger partial charge in [-0.15, -0.1) is 0 Å². The summed E-state index contributed by atoms with van der Waals surface area (Å²) in [6.07, 6.45) is 0.897. The molecule has 1 aliphatic heterocycles. The number of ketones is 1. The van der Waals surface area contributed by atoms with Crippen molar-refractivity contribution in [3.8, 4) is 0 Å². The van der Waals surface area contributed by atoms with E-state index in [0.717, 1.165) is 5.56 Å². The van der Waals surface area contributed by atoms with E-state index in [0.29, 0.717) is 34.7 Å². The molecule has 7 heteroatoms. The van der Waals surface area contributed by atoms with Crippen LogP contribution in [0.25, 0.3) is 0 Å². The van der Waals surface area contributed by atoms with E-state index in [1.165, 1.54) is 12.1 Å². The molecule has 1 aliphatic carbocycles. The first-order chi connectivity index (χ1) is 13.4. The molecule has 4 rings (SSSR count). The van der Waals surface area contributed by atoms with Gasteiger partial charge in [0.15, 0.2) is 5.78 Å². The molecule has 6 nitrogen and oxygen atoms in total. The third kappa shape index (κ3) is 3.31. The molecule has 2 aliphatic rings. The highest BCUT2D eigenvalue weighted by Crippen LogP contribution is 2.44. The Morgan fingerprint density at radius 1 is 1.04 bits per heavy atom. The van der Waals surface area contributed by atoms with Gasteiger partial charge in [0.05, 0.1) is 4.92 Å². The highest BCUT2D eigenvalue weighted by atomic mass is 35.5. The maximum absolute atomic E-state index is 13.0. The first-order valence-corrected chi connectivity index (χ1v) is 9.36. The highest BCUT2D eigenvalue weighted by Gasteiger charge is 2.38. The number of nitrogens with zero attached hydrogens (tertiary/aromatic N) is 1. The Bertz CT molecular complexity index is 1030. The van der Waals surface area contributed by atoms with Gasteiger partial charge in [0.2, 0.25) is 5.91 Å². The lowest BCUT2D eigenvalue weighted by atomic mass is 9.73. The second-order valence-electron chi connectivity index (χ2n) is 7.10. The SMILES string of the molecule is O=C1CC(c2cccc([N+](=O)[O-])c2)C2=C(CC(c3ccccc3Cl)CC2=O)N1. The fourth-order valence-electron chi connectivity index (χ4n) is 4.13. The van der Waals surface area contributed by atoms with Gasteiger partial charge in [-0.25, -0.2) is 0 Å². The first kappa shape index (κ1) is 18.4. The maximum Gasteiger partial charge on any atom is 0.269 e. The Labute approximate surface area is 166 Å². The number of hydrogen-bond acceptors (Lipinski definition) is 4. The van der Waals surface area contributed by atoms with Gasteiger partial charge in [0.1, 0.15) is 0 Å². The van der Waals surface area contributed by atoms with Gasteiger partial charge in [-0.2, -0.15) is 0 Å². The number of benzene rings is 2. The molecule has 142 valence electrons. The number of carbonyl (C=O) groups excluding carboxylic acids is 2. The topological polar surface area (TPSA) is 89.3 Å². The number of halogens is 1. The minimum atomic E-state index is -0.474. The number of carbonyl (C=O) groups is 2. The second kappa shape index (κ2) is 7.20. The van der Waals surface area contributed by atoms with Crippen molar-refractivity contribution in [1.82, 2.24) is 5.32 Å². The van der Waals surface area contributed by atoms with Gasteiger partial charge >= 0.3 is 0 Å². The Morgan fingerprint density at radius 2 is 1.82 bits per heavy atom. The molecule has 2 atom stereocenters. The summed E-state index contributed by atoms with van der Waals surface area (Å²) in [4.78, 5) is 36.0. The minimum absolute atomic E-state index is 0.0529. The van der Waals surface area contributed by atoms with Crippen molar-refractivity contribution in [2.24, 2.45) is 0 Å². The summed E-state index contributed by atoms with van der Waals surface area (Å²) in [5, 5.41) is 14.6. The van der Waals surface area contributed by atoms with Crippen LogP contribution in [0.3, 0.4) is 0 Å². The zero-order valence-electron chi connectivity index (χ0n) is 14.9. The van der Waals surface area contributed by atoms with Crippen molar-refractivity contribution in [2.75, 3.05) is 0 Å². The summed E-state index contributed by atoms with van der Waals surface area (Å²) in [5.74, 6) is -0.821.